The first-order valence-corrected chi connectivity index (χ1v) is 22.9. The Morgan fingerprint density at radius 3 is 1.82 bits per heavy atom. The summed E-state index contributed by atoms with van der Waals surface area (Å²) in [5.41, 5.74) is 0. The summed E-state index contributed by atoms with van der Waals surface area (Å²) in [6.07, 6.45) is -1.46. The molecule has 2 atom stereocenters. The van der Waals surface area contributed by atoms with Gasteiger partial charge >= 0.3 is 113 Å². The molecule has 0 saturated heterocycles. The summed E-state index contributed by atoms with van der Waals surface area (Å²) < 4.78 is 0. The van der Waals surface area contributed by atoms with Crippen LogP contribution in [0, 0.1) is 5.92 Å². The van der Waals surface area contributed by atoms with E-state index in [4.69, 9.17) is 0 Å². The van der Waals surface area contributed by atoms with E-state index in [1.54, 1.807) is 0 Å². The molecule has 0 bridgehead atoms. The molecule has 108 valence electrons. The van der Waals surface area contributed by atoms with Crippen molar-refractivity contribution < 1.29 is 0 Å². The average molecular weight is 334 g/mol. The molecule has 0 aromatic rings. The maximum absolute atomic E-state index is 2.75. The van der Waals surface area contributed by atoms with Crippen LogP contribution in [0.4, 0.5) is 0 Å². The van der Waals surface area contributed by atoms with Gasteiger partial charge in [0.05, 0.1) is 0 Å². The van der Waals surface area contributed by atoms with Crippen LogP contribution in [0.1, 0.15) is 13.8 Å². The van der Waals surface area contributed by atoms with Crippen molar-refractivity contribution in [1.29, 1.82) is 0 Å². The number of rotatable bonds is 1. The van der Waals surface area contributed by atoms with Gasteiger partial charge in [-0.3, -0.25) is 0 Å². The van der Waals surface area contributed by atoms with E-state index in [-0.39, 0.29) is 6.90 Å². The van der Waals surface area contributed by atoms with Gasteiger partial charge in [0, 0.05) is 0 Å². The van der Waals surface area contributed by atoms with E-state index >= 15 is 0 Å². The Hall–Kier alpha value is 2.02. The summed E-state index contributed by atoms with van der Waals surface area (Å²) in [4.78, 5) is 0. The van der Waals surface area contributed by atoms with Crippen molar-refractivity contribution in [1.82, 2.24) is 0 Å². The van der Waals surface area contributed by atoms with Crippen LogP contribution in [0.2, 0.25) is 0 Å². The maximum atomic E-state index is 2.75. The second-order valence-corrected chi connectivity index (χ2v) is 48.5. The van der Waals surface area contributed by atoms with E-state index in [1.165, 1.54) is 0 Å². The molecule has 0 fully saturated rings. The van der Waals surface area contributed by atoms with Crippen LogP contribution >= 0.6 is 34.3 Å². The normalized spacial score (nSPS) is 44.8. The minimum atomic E-state index is -1.46. The van der Waals surface area contributed by atoms with E-state index in [0.717, 1.165) is 11.3 Å². The molecule has 0 aromatic carbocycles. The molecule has 0 aromatic heterocycles. The van der Waals surface area contributed by atoms with E-state index in [0.29, 0.717) is 0 Å². The fraction of sp³-hybridized carbons (Fsp3) is 1.00. The van der Waals surface area contributed by atoms with Crippen molar-refractivity contribution in [3.8, 4) is 0 Å². The predicted octanol–water partition coefficient (Wildman–Crippen LogP) is 5.89. The molecule has 0 radical (unpaired) electrons. The van der Waals surface area contributed by atoms with Crippen molar-refractivity contribution in [3.63, 3.8) is 0 Å². The fourth-order valence-corrected chi connectivity index (χ4v) is 91.1. The molecular formula is C12H35P5. The minimum absolute atomic E-state index is 0.0712. The Morgan fingerprint density at radius 2 is 1.47 bits per heavy atom. The second kappa shape index (κ2) is 4.51. The van der Waals surface area contributed by atoms with Crippen LogP contribution in [0.15, 0.2) is 0 Å². The van der Waals surface area contributed by atoms with Crippen LogP contribution in [0.25, 0.3) is 0 Å². The van der Waals surface area contributed by atoms with Crippen molar-refractivity contribution >= 4 is 34.3 Å². The SMILES string of the molecule is CC(C)C1[PH](C)(C)[PH](C)=P[PH](C)(C)P1(C)(C)C. The molecule has 1 aliphatic heterocycles. The zero-order valence-electron chi connectivity index (χ0n) is 13.5. The van der Waals surface area contributed by atoms with Crippen LogP contribution in [-0.4, -0.2) is 58.7 Å². The molecule has 2 unspecified atom stereocenters. The van der Waals surface area contributed by atoms with Crippen molar-refractivity contribution in [3.05, 3.63) is 0 Å². The summed E-state index contributed by atoms with van der Waals surface area (Å²) in [7, 11) is 1.98. The molecule has 0 aliphatic carbocycles. The monoisotopic (exact) mass is 334 g/mol. The summed E-state index contributed by atoms with van der Waals surface area (Å²) >= 11 is 0. The van der Waals surface area contributed by atoms with E-state index in [2.05, 4.69) is 67.2 Å². The summed E-state index contributed by atoms with van der Waals surface area (Å²) in [6.45, 7) is 24.7. The van der Waals surface area contributed by atoms with Crippen LogP contribution in [0.3, 0.4) is 0 Å². The number of hydrogen-bond donors (Lipinski definition) is 0. The standard InChI is InChI=1S/C12H35P5/c1-11(2)12-15(4,5)14(3)13-16(6,7)17(12,8,9)10/h11-12,14-16H,1-10H3. The first-order chi connectivity index (χ1) is 7.23. The van der Waals surface area contributed by atoms with Gasteiger partial charge in [-0.15, -0.1) is 0 Å². The molecule has 0 N–H and O–H groups in total. The summed E-state index contributed by atoms with van der Waals surface area (Å²) in [5, 5.41) is 1.12. The van der Waals surface area contributed by atoms with Gasteiger partial charge in [-0.05, 0) is 0 Å². The van der Waals surface area contributed by atoms with Gasteiger partial charge in [0.2, 0.25) is 0 Å². The van der Waals surface area contributed by atoms with Crippen LogP contribution < -0.4 is 0 Å². The third-order valence-corrected chi connectivity index (χ3v) is 70.2. The van der Waals surface area contributed by atoms with Gasteiger partial charge in [0.25, 0.3) is 0 Å². The molecule has 1 aliphatic rings. The molecular weight excluding hydrogens is 299 g/mol. The van der Waals surface area contributed by atoms with E-state index < -0.39 is 19.9 Å². The molecule has 0 amide bonds. The summed E-state index contributed by atoms with van der Waals surface area (Å²) in [6, 6.07) is 0. The summed E-state index contributed by atoms with van der Waals surface area (Å²) in [5.74, 6) is 0.913. The molecule has 5 heteroatoms. The average Bonchev–Trinajstić information content (AvgIpc) is 1.96. The predicted molar refractivity (Wildman–Crippen MR) is 105 cm³/mol. The van der Waals surface area contributed by atoms with E-state index in [1.807, 2.05) is 7.56 Å². The fourth-order valence-electron chi connectivity index (χ4n) is 4.29. The quantitative estimate of drug-likeness (QED) is 0.524. The van der Waals surface area contributed by atoms with Crippen molar-refractivity contribution in [2.24, 2.45) is 5.92 Å². The van der Waals surface area contributed by atoms with Gasteiger partial charge in [-0.1, -0.05) is 0 Å². The van der Waals surface area contributed by atoms with Gasteiger partial charge in [-0.2, -0.15) is 0 Å². The molecule has 0 saturated carbocycles. The van der Waals surface area contributed by atoms with Gasteiger partial charge in [-0.25, -0.2) is 0 Å². The van der Waals surface area contributed by atoms with Crippen molar-refractivity contribution in [2.45, 2.75) is 19.2 Å². The Kier molecular flexibility index (Phi) is 4.53. The number of hydrogen-bond acceptors (Lipinski definition) is 0. The Bertz CT molecular complexity index is 357. The van der Waals surface area contributed by atoms with Crippen LogP contribution in [-0.2, 0) is 0 Å². The Balaban J connectivity index is 3.60. The van der Waals surface area contributed by atoms with Crippen LogP contribution in [0.5, 0.6) is 0 Å². The topological polar surface area (TPSA) is 0 Å². The zero-order chi connectivity index (χ0) is 13.9. The first-order valence-electron chi connectivity index (χ1n) is 6.80. The first kappa shape index (κ1) is 17.1. The van der Waals surface area contributed by atoms with Gasteiger partial charge < -0.3 is 0 Å². The third kappa shape index (κ3) is 2.50. The van der Waals surface area contributed by atoms with Gasteiger partial charge in [0.15, 0.2) is 0 Å². The Morgan fingerprint density at radius 1 is 1.06 bits per heavy atom. The van der Waals surface area contributed by atoms with E-state index in [9.17, 15) is 0 Å². The Labute approximate surface area is 113 Å². The third-order valence-electron chi connectivity index (χ3n) is 5.68. The molecule has 1 rings (SSSR count). The molecule has 0 spiro atoms. The zero-order valence-corrected chi connectivity index (χ0v) is 18.3. The van der Waals surface area contributed by atoms with Gasteiger partial charge in [0.1, 0.15) is 0 Å². The van der Waals surface area contributed by atoms with Crippen molar-refractivity contribution in [2.75, 3.05) is 53.3 Å². The second-order valence-electron chi connectivity index (χ2n) is 8.52. The molecule has 17 heavy (non-hydrogen) atoms. The molecule has 1 heterocycles. The molecule has 0 nitrogen and oxygen atoms in total.